The third-order valence-electron chi connectivity index (χ3n) is 4.65. The number of halogens is 1. The SMILES string of the molecule is COc1ccc(N(C)S(=O)(=O)c2cccc(C(=O)OCC(=O)Nc3ccccc3Cl)c2)cc1. The fraction of sp³-hybridized carbons (Fsp3) is 0.130. The van der Waals surface area contributed by atoms with E-state index in [2.05, 4.69) is 5.32 Å². The molecule has 0 aliphatic carbocycles. The van der Waals surface area contributed by atoms with E-state index in [9.17, 15) is 18.0 Å². The number of hydrogen-bond donors (Lipinski definition) is 1. The number of nitrogens with zero attached hydrogens (tertiary/aromatic N) is 1. The molecular weight excluding hydrogens is 468 g/mol. The van der Waals surface area contributed by atoms with Gasteiger partial charge in [-0.25, -0.2) is 13.2 Å². The molecule has 0 bridgehead atoms. The largest absolute Gasteiger partial charge is 0.497 e. The Morgan fingerprint density at radius 2 is 1.70 bits per heavy atom. The summed E-state index contributed by atoms with van der Waals surface area (Å²) in [6, 6.07) is 18.5. The molecule has 3 aromatic carbocycles. The van der Waals surface area contributed by atoms with Crippen molar-refractivity contribution in [1.82, 2.24) is 0 Å². The molecule has 1 N–H and O–H groups in total. The highest BCUT2D eigenvalue weighted by molar-refractivity contribution is 7.92. The van der Waals surface area contributed by atoms with E-state index in [1.807, 2.05) is 0 Å². The van der Waals surface area contributed by atoms with Gasteiger partial charge >= 0.3 is 5.97 Å². The van der Waals surface area contributed by atoms with Gasteiger partial charge in [0.1, 0.15) is 5.75 Å². The van der Waals surface area contributed by atoms with E-state index in [1.165, 1.54) is 38.4 Å². The Hall–Kier alpha value is -3.56. The summed E-state index contributed by atoms with van der Waals surface area (Å²) in [5.74, 6) is -0.833. The third-order valence-corrected chi connectivity index (χ3v) is 6.76. The molecule has 0 aliphatic rings. The smallest absolute Gasteiger partial charge is 0.338 e. The van der Waals surface area contributed by atoms with Crippen molar-refractivity contribution in [1.29, 1.82) is 0 Å². The monoisotopic (exact) mass is 488 g/mol. The minimum absolute atomic E-state index is 0.00949. The Bertz CT molecular complexity index is 1260. The fourth-order valence-electron chi connectivity index (χ4n) is 2.84. The molecule has 0 saturated heterocycles. The van der Waals surface area contributed by atoms with Crippen molar-refractivity contribution in [2.45, 2.75) is 4.90 Å². The maximum atomic E-state index is 13.0. The summed E-state index contributed by atoms with van der Waals surface area (Å²) in [6.45, 7) is -0.563. The van der Waals surface area contributed by atoms with Gasteiger partial charge in [-0.15, -0.1) is 0 Å². The zero-order valence-electron chi connectivity index (χ0n) is 17.8. The van der Waals surface area contributed by atoms with Crippen LogP contribution in [0, 0.1) is 0 Å². The topological polar surface area (TPSA) is 102 Å². The zero-order valence-corrected chi connectivity index (χ0v) is 19.4. The van der Waals surface area contributed by atoms with Crippen LogP contribution < -0.4 is 14.4 Å². The van der Waals surface area contributed by atoms with Crippen molar-refractivity contribution in [2.75, 3.05) is 30.4 Å². The highest BCUT2D eigenvalue weighted by atomic mass is 35.5. The van der Waals surface area contributed by atoms with Crippen LogP contribution in [-0.2, 0) is 19.6 Å². The number of esters is 1. The van der Waals surface area contributed by atoms with Gasteiger partial charge in [0.05, 0.1) is 34.0 Å². The number of methoxy groups -OCH3 is 1. The van der Waals surface area contributed by atoms with Crippen molar-refractivity contribution in [3.05, 3.63) is 83.4 Å². The maximum Gasteiger partial charge on any atom is 0.338 e. The Labute approximate surface area is 196 Å². The summed E-state index contributed by atoms with van der Waals surface area (Å²) in [5, 5.41) is 2.88. The van der Waals surface area contributed by atoms with Gasteiger partial charge in [0.25, 0.3) is 15.9 Å². The van der Waals surface area contributed by atoms with Crippen LogP contribution in [0.25, 0.3) is 0 Å². The first-order valence-corrected chi connectivity index (χ1v) is 11.5. The van der Waals surface area contributed by atoms with Crippen LogP contribution in [0.4, 0.5) is 11.4 Å². The van der Waals surface area contributed by atoms with E-state index in [0.717, 1.165) is 4.31 Å². The number of hydrogen-bond acceptors (Lipinski definition) is 6. The number of amides is 1. The molecule has 172 valence electrons. The molecule has 0 unspecified atom stereocenters. The molecule has 0 heterocycles. The van der Waals surface area contributed by atoms with Gasteiger partial charge in [0.2, 0.25) is 0 Å². The molecule has 3 rings (SSSR count). The number of para-hydroxylation sites is 1. The van der Waals surface area contributed by atoms with E-state index in [4.69, 9.17) is 21.1 Å². The van der Waals surface area contributed by atoms with Crippen LogP contribution in [-0.4, -0.2) is 41.1 Å². The summed E-state index contributed by atoms with van der Waals surface area (Å²) in [5.41, 5.74) is 0.791. The molecule has 0 saturated carbocycles. The molecule has 0 radical (unpaired) electrons. The lowest BCUT2D eigenvalue weighted by Crippen LogP contribution is -2.27. The summed E-state index contributed by atoms with van der Waals surface area (Å²) in [4.78, 5) is 24.4. The molecule has 33 heavy (non-hydrogen) atoms. The molecule has 8 nitrogen and oxygen atoms in total. The second kappa shape index (κ2) is 10.4. The van der Waals surface area contributed by atoms with Gasteiger partial charge in [-0.2, -0.15) is 0 Å². The maximum absolute atomic E-state index is 13.0. The first-order chi connectivity index (χ1) is 15.7. The van der Waals surface area contributed by atoms with Crippen LogP contribution >= 0.6 is 11.6 Å². The molecule has 0 aliphatic heterocycles. The van der Waals surface area contributed by atoms with Gasteiger partial charge in [0, 0.05) is 7.05 Å². The number of anilines is 2. The lowest BCUT2D eigenvalue weighted by Gasteiger charge is -2.20. The number of sulfonamides is 1. The molecule has 0 spiro atoms. The average Bonchev–Trinajstić information content (AvgIpc) is 2.83. The molecule has 0 aromatic heterocycles. The Kier molecular flexibility index (Phi) is 7.57. The first kappa shape index (κ1) is 24.1. The number of carbonyl (C=O) groups excluding carboxylic acids is 2. The van der Waals surface area contributed by atoms with Gasteiger partial charge in [0.15, 0.2) is 6.61 Å². The van der Waals surface area contributed by atoms with Crippen molar-refractivity contribution in [2.24, 2.45) is 0 Å². The Balaban J connectivity index is 1.69. The summed E-state index contributed by atoms with van der Waals surface area (Å²) in [7, 11) is -1.04. The zero-order chi connectivity index (χ0) is 24.0. The summed E-state index contributed by atoms with van der Waals surface area (Å²) >= 11 is 5.98. The van der Waals surface area contributed by atoms with Crippen molar-refractivity contribution in [3.63, 3.8) is 0 Å². The number of carbonyl (C=O) groups is 2. The van der Waals surface area contributed by atoms with Crippen molar-refractivity contribution >= 4 is 44.9 Å². The van der Waals surface area contributed by atoms with E-state index in [-0.39, 0.29) is 10.5 Å². The molecule has 0 atom stereocenters. The van der Waals surface area contributed by atoms with Crippen LogP contribution in [0.1, 0.15) is 10.4 Å². The van der Waals surface area contributed by atoms with Crippen LogP contribution in [0.2, 0.25) is 5.02 Å². The number of benzene rings is 3. The molecule has 1 amide bonds. The number of ether oxygens (including phenoxy) is 2. The first-order valence-electron chi connectivity index (χ1n) is 9.67. The predicted molar refractivity (Wildman–Crippen MR) is 125 cm³/mol. The van der Waals surface area contributed by atoms with Crippen LogP contribution in [0.5, 0.6) is 5.75 Å². The second-order valence-corrected chi connectivity index (χ2v) is 9.18. The van der Waals surface area contributed by atoms with E-state index in [1.54, 1.807) is 48.5 Å². The van der Waals surface area contributed by atoms with Gasteiger partial charge in [-0.05, 0) is 54.6 Å². The fourth-order valence-corrected chi connectivity index (χ4v) is 4.26. The van der Waals surface area contributed by atoms with Gasteiger partial charge in [-0.1, -0.05) is 29.8 Å². The highest BCUT2D eigenvalue weighted by Gasteiger charge is 2.23. The lowest BCUT2D eigenvalue weighted by atomic mass is 10.2. The van der Waals surface area contributed by atoms with Crippen LogP contribution in [0.15, 0.2) is 77.7 Å². The predicted octanol–water partition coefficient (Wildman–Crippen LogP) is 3.97. The lowest BCUT2D eigenvalue weighted by molar-refractivity contribution is -0.119. The minimum Gasteiger partial charge on any atom is -0.497 e. The van der Waals surface area contributed by atoms with E-state index in [0.29, 0.717) is 22.1 Å². The average molecular weight is 489 g/mol. The van der Waals surface area contributed by atoms with E-state index < -0.39 is 28.5 Å². The normalized spacial score (nSPS) is 10.9. The number of nitrogens with one attached hydrogen (secondary N) is 1. The minimum atomic E-state index is -3.95. The molecule has 3 aromatic rings. The quantitative estimate of drug-likeness (QED) is 0.481. The summed E-state index contributed by atoms with van der Waals surface area (Å²) < 4.78 is 37.3. The highest BCUT2D eigenvalue weighted by Crippen LogP contribution is 2.25. The van der Waals surface area contributed by atoms with E-state index >= 15 is 0 Å². The Morgan fingerprint density at radius 1 is 1.00 bits per heavy atom. The van der Waals surface area contributed by atoms with Crippen molar-refractivity contribution < 1.29 is 27.5 Å². The molecule has 10 heteroatoms. The standard InChI is InChI=1S/C23H21ClN2O6S/c1-26(17-10-12-18(31-2)13-11-17)33(29,30)19-7-5-6-16(14-19)23(28)32-15-22(27)25-21-9-4-3-8-20(21)24/h3-14H,15H2,1-2H3,(H,25,27). The molecular formula is C23H21ClN2O6S. The van der Waals surface area contributed by atoms with Crippen molar-refractivity contribution in [3.8, 4) is 5.75 Å². The molecule has 0 fully saturated rings. The summed E-state index contributed by atoms with van der Waals surface area (Å²) in [6.07, 6.45) is 0. The second-order valence-electron chi connectivity index (χ2n) is 6.80. The third kappa shape index (κ3) is 5.82. The van der Waals surface area contributed by atoms with Gasteiger partial charge in [-0.3, -0.25) is 9.10 Å². The van der Waals surface area contributed by atoms with Gasteiger partial charge < -0.3 is 14.8 Å². The van der Waals surface area contributed by atoms with Crippen LogP contribution in [0.3, 0.4) is 0 Å². The number of rotatable bonds is 8. The Morgan fingerprint density at radius 3 is 2.36 bits per heavy atom.